The molecule has 4 aliphatic rings. The lowest BCUT2D eigenvalue weighted by Gasteiger charge is -2.21. The fourth-order valence-corrected chi connectivity index (χ4v) is 8.91. The van der Waals surface area contributed by atoms with E-state index < -0.39 is 66.4 Å². The summed E-state index contributed by atoms with van der Waals surface area (Å²) in [4.78, 5) is 13.0. The van der Waals surface area contributed by atoms with Crippen molar-refractivity contribution in [3.63, 3.8) is 0 Å². The lowest BCUT2D eigenvalue weighted by atomic mass is 9.91. The van der Waals surface area contributed by atoms with E-state index in [1.54, 1.807) is 24.3 Å². The van der Waals surface area contributed by atoms with E-state index in [-0.39, 0.29) is 60.6 Å². The van der Waals surface area contributed by atoms with Crippen LogP contribution in [0.4, 0.5) is 26.3 Å². The minimum atomic E-state index is -4.50. The normalized spacial score (nSPS) is 28.1. The van der Waals surface area contributed by atoms with Crippen LogP contribution in [0.15, 0.2) is 127 Å². The average molecular weight is 929 g/mol. The fraction of sp³-hybridized carbons (Fsp3) is 0.408. The molecule has 0 spiro atoms. The first kappa shape index (κ1) is 48.7. The van der Waals surface area contributed by atoms with Gasteiger partial charge in [-0.05, 0) is 71.5 Å². The number of carbonyl (C=O) groups is 1. The molecule has 2 saturated heterocycles. The molecule has 2 heterocycles. The summed E-state index contributed by atoms with van der Waals surface area (Å²) in [7, 11) is 0. The number of rotatable bonds is 13. The first-order chi connectivity index (χ1) is 31.4. The van der Waals surface area contributed by atoms with Gasteiger partial charge in [-0.3, -0.25) is 0 Å². The van der Waals surface area contributed by atoms with Gasteiger partial charge in [0, 0.05) is 37.5 Å². The van der Waals surface area contributed by atoms with Crippen LogP contribution in [0.2, 0.25) is 0 Å². The minimum absolute atomic E-state index is 0.0133. The van der Waals surface area contributed by atoms with Crippen molar-refractivity contribution in [3.8, 4) is 22.6 Å². The van der Waals surface area contributed by atoms with Crippen molar-refractivity contribution in [1.29, 1.82) is 0 Å². The van der Waals surface area contributed by atoms with Crippen molar-refractivity contribution < 1.29 is 80.4 Å². The number of aliphatic hydroxyl groups is 5. The molecule has 2 aliphatic heterocycles. The molecule has 354 valence electrons. The molecule has 2 aliphatic carbocycles. The van der Waals surface area contributed by atoms with E-state index in [9.17, 15) is 56.7 Å². The molecule has 4 aromatic carbocycles. The largest absolute Gasteiger partial charge is 0.491 e. The number of esters is 1. The van der Waals surface area contributed by atoms with Crippen molar-refractivity contribution in [2.45, 2.75) is 87.2 Å². The first-order valence-electron chi connectivity index (χ1n) is 21.5. The maximum atomic E-state index is 13.0. The smallest absolute Gasteiger partial charge is 0.416 e. The van der Waals surface area contributed by atoms with E-state index >= 15 is 0 Å². The second-order valence-electron chi connectivity index (χ2n) is 16.7. The molecule has 8 rings (SSSR count). The first-order valence-corrected chi connectivity index (χ1v) is 21.5. The number of fused-ring (bicyclic) bond motifs is 2. The molecule has 12 atom stereocenters. The van der Waals surface area contributed by atoms with Crippen LogP contribution in [0.5, 0.6) is 11.5 Å². The van der Waals surface area contributed by atoms with E-state index in [0.29, 0.717) is 31.2 Å². The highest BCUT2D eigenvalue weighted by Gasteiger charge is 2.50. The van der Waals surface area contributed by atoms with E-state index in [2.05, 4.69) is 0 Å². The van der Waals surface area contributed by atoms with Crippen molar-refractivity contribution in [2.75, 3.05) is 13.2 Å². The second-order valence-corrected chi connectivity index (χ2v) is 16.7. The maximum absolute atomic E-state index is 13.0. The monoisotopic (exact) mass is 928 g/mol. The Morgan fingerprint density at radius 1 is 0.621 bits per heavy atom. The van der Waals surface area contributed by atoms with Crippen LogP contribution in [0.1, 0.15) is 47.2 Å². The van der Waals surface area contributed by atoms with Gasteiger partial charge < -0.3 is 49.2 Å². The molecule has 17 heteroatoms. The van der Waals surface area contributed by atoms with Gasteiger partial charge in [0.1, 0.15) is 43.0 Å². The Bertz CT molecular complexity index is 2270. The SMILES string of the molecule is O=C(O[C@@H]1CC2OC(O)C[C@@H]2[C@H]1/C=C/[C@@H](O)COc1cccc(C(F)(F)F)c1)c1ccc(-c2ccccc2)cc1.OC1C[C@H]2C(C[C@@H](O)[C@@H]2/C=C/[C@@H](O)COc2cccc(C(F)(F)F)c2)O1. The highest BCUT2D eigenvalue weighted by atomic mass is 19.4. The zero-order chi connectivity index (χ0) is 47.2. The van der Waals surface area contributed by atoms with E-state index in [4.69, 9.17) is 23.7 Å². The molecule has 4 aromatic rings. The summed E-state index contributed by atoms with van der Waals surface area (Å²) in [6.07, 6.45) is -6.64. The maximum Gasteiger partial charge on any atom is 0.416 e. The molecule has 0 aromatic heterocycles. The van der Waals surface area contributed by atoms with Gasteiger partial charge in [0.2, 0.25) is 0 Å². The van der Waals surface area contributed by atoms with Gasteiger partial charge in [0.15, 0.2) is 12.6 Å². The number of hydrogen-bond donors (Lipinski definition) is 5. The number of benzene rings is 4. The Kier molecular flexibility index (Phi) is 15.6. The van der Waals surface area contributed by atoms with Crippen LogP contribution >= 0.6 is 0 Å². The zero-order valence-corrected chi connectivity index (χ0v) is 35.2. The number of halogens is 6. The summed E-state index contributed by atoms with van der Waals surface area (Å²) in [6.45, 7) is -0.482. The third-order valence-corrected chi connectivity index (χ3v) is 12.1. The Hall–Kier alpha value is -5.27. The highest BCUT2D eigenvalue weighted by Crippen LogP contribution is 2.46. The lowest BCUT2D eigenvalue weighted by Crippen LogP contribution is -2.26. The summed E-state index contributed by atoms with van der Waals surface area (Å²) in [5.41, 5.74) is 0.737. The highest BCUT2D eigenvalue weighted by molar-refractivity contribution is 5.90. The second kappa shape index (κ2) is 21.1. The number of hydrogen-bond acceptors (Lipinski definition) is 11. The minimum Gasteiger partial charge on any atom is -0.491 e. The number of aliphatic hydroxyl groups excluding tert-OH is 5. The van der Waals surface area contributed by atoms with Gasteiger partial charge in [0.05, 0.1) is 35.0 Å². The molecule has 5 N–H and O–H groups in total. The van der Waals surface area contributed by atoms with Crippen molar-refractivity contribution in [3.05, 3.63) is 144 Å². The van der Waals surface area contributed by atoms with E-state index in [1.165, 1.54) is 36.4 Å². The predicted molar refractivity (Wildman–Crippen MR) is 225 cm³/mol. The van der Waals surface area contributed by atoms with Crippen molar-refractivity contribution in [2.24, 2.45) is 23.7 Å². The number of carbonyl (C=O) groups excluding carboxylic acids is 1. The third kappa shape index (κ3) is 12.6. The van der Waals surface area contributed by atoms with Crippen LogP contribution < -0.4 is 9.47 Å². The standard InChI is InChI=1S/C31H29F3O6.C18H21F3O5/c32-31(33,34)22-7-4-8-24(15-22)38-18-23(35)13-14-25-26-16-29(36)39-28(26)17-27(25)40-30(37)21-11-9-20(10-12-21)19-5-2-1-3-6-19;19-18(20,21)10-2-1-3-12(6-10)25-9-11(22)4-5-13-14-7-17(24)26-16(14)8-15(13)23/h1-15,23,25-29,35-36H,16-18H2;1-6,11,13-17,22-24H,7-9H2/b14-13+;5-4+/t23-,25-,26-,27-,28?,29?;11-,13-,14-,15-,16?,17?/m11/s1. The van der Waals surface area contributed by atoms with Gasteiger partial charge in [-0.1, -0.05) is 78.9 Å². The lowest BCUT2D eigenvalue weighted by molar-refractivity contribution is -0.138. The Morgan fingerprint density at radius 2 is 1.11 bits per heavy atom. The summed E-state index contributed by atoms with van der Waals surface area (Å²) >= 11 is 0. The van der Waals surface area contributed by atoms with Crippen molar-refractivity contribution in [1.82, 2.24) is 0 Å². The summed E-state index contributed by atoms with van der Waals surface area (Å²) < 4.78 is 104. The Labute approximate surface area is 376 Å². The van der Waals surface area contributed by atoms with Crippen LogP contribution in [0.25, 0.3) is 11.1 Å². The summed E-state index contributed by atoms with van der Waals surface area (Å²) in [6, 6.07) is 25.8. The molecule has 66 heavy (non-hydrogen) atoms. The number of alkyl halides is 6. The molecule has 0 bridgehead atoms. The van der Waals surface area contributed by atoms with Crippen LogP contribution in [-0.2, 0) is 26.6 Å². The van der Waals surface area contributed by atoms with Crippen LogP contribution in [0.3, 0.4) is 0 Å². The van der Waals surface area contributed by atoms with Crippen molar-refractivity contribution >= 4 is 5.97 Å². The van der Waals surface area contributed by atoms with Gasteiger partial charge >= 0.3 is 18.3 Å². The van der Waals surface area contributed by atoms with Crippen LogP contribution in [-0.4, -0.2) is 93.9 Å². The predicted octanol–water partition coefficient (Wildman–Crippen LogP) is 7.74. The Balaban J connectivity index is 0.000000215. The zero-order valence-electron chi connectivity index (χ0n) is 35.2. The average Bonchev–Trinajstić information content (AvgIpc) is 4.01. The van der Waals surface area contributed by atoms with E-state index in [0.717, 1.165) is 35.4 Å². The van der Waals surface area contributed by atoms with Crippen LogP contribution in [0, 0.1) is 23.7 Å². The summed E-state index contributed by atoms with van der Waals surface area (Å²) in [5.74, 6) is -1.22. The molecule has 4 fully saturated rings. The quantitative estimate of drug-likeness (QED) is 0.0506. The molecular formula is C49H50F6O11. The Morgan fingerprint density at radius 3 is 1.64 bits per heavy atom. The third-order valence-electron chi connectivity index (χ3n) is 12.1. The summed E-state index contributed by atoms with van der Waals surface area (Å²) in [5, 5.41) is 50.0. The molecule has 0 amide bonds. The fourth-order valence-electron chi connectivity index (χ4n) is 8.91. The number of ether oxygens (including phenoxy) is 5. The van der Waals surface area contributed by atoms with Gasteiger partial charge in [0.25, 0.3) is 0 Å². The molecule has 4 unspecified atom stereocenters. The molecule has 11 nitrogen and oxygen atoms in total. The molecule has 0 radical (unpaired) electrons. The van der Waals surface area contributed by atoms with E-state index in [1.807, 2.05) is 42.5 Å². The molecule has 2 saturated carbocycles. The van der Waals surface area contributed by atoms with Gasteiger partial charge in [-0.2, -0.15) is 26.3 Å². The van der Waals surface area contributed by atoms with Gasteiger partial charge in [-0.15, -0.1) is 0 Å². The topological polar surface area (TPSA) is 164 Å². The van der Waals surface area contributed by atoms with Gasteiger partial charge in [-0.25, -0.2) is 4.79 Å². The molecular weight excluding hydrogens is 879 g/mol.